The number of carbonyl (C=O) groups excluding carboxylic acids is 1. The number of nitrogens with zero attached hydrogens (tertiary/aromatic N) is 2. The third-order valence-electron chi connectivity index (χ3n) is 2.46. The number of amides is 2. The number of benzene rings is 1. The summed E-state index contributed by atoms with van der Waals surface area (Å²) in [5, 5.41) is 11.2. The Labute approximate surface area is 110 Å². The molecule has 1 heterocycles. The summed E-state index contributed by atoms with van der Waals surface area (Å²) >= 11 is 0. The van der Waals surface area contributed by atoms with Crippen molar-refractivity contribution in [2.75, 3.05) is 12.0 Å². The Morgan fingerprint density at radius 1 is 1.42 bits per heavy atom. The SMILES string of the molecule is CCc1ccccc1OCNC(=O)Nc1ncn[nH]1. The van der Waals surface area contributed by atoms with Gasteiger partial charge < -0.3 is 10.1 Å². The maximum absolute atomic E-state index is 11.5. The Balaban J connectivity index is 1.78. The number of rotatable bonds is 5. The minimum absolute atomic E-state index is 0.0803. The second-order valence-electron chi connectivity index (χ2n) is 3.71. The van der Waals surface area contributed by atoms with E-state index in [0.29, 0.717) is 0 Å². The van der Waals surface area contributed by atoms with Gasteiger partial charge >= 0.3 is 6.03 Å². The fourth-order valence-electron chi connectivity index (χ4n) is 1.53. The lowest BCUT2D eigenvalue weighted by Gasteiger charge is -2.11. The normalized spacial score (nSPS) is 9.95. The molecule has 3 N–H and O–H groups in total. The molecule has 2 rings (SSSR count). The Bertz CT molecular complexity index is 527. The summed E-state index contributed by atoms with van der Waals surface area (Å²) in [5.41, 5.74) is 1.10. The number of H-pyrrole nitrogens is 1. The molecule has 2 aromatic rings. The van der Waals surface area contributed by atoms with Crippen LogP contribution in [0.2, 0.25) is 0 Å². The zero-order valence-electron chi connectivity index (χ0n) is 10.5. The van der Waals surface area contributed by atoms with Crippen LogP contribution in [0.25, 0.3) is 0 Å². The lowest BCUT2D eigenvalue weighted by Crippen LogP contribution is -2.32. The third kappa shape index (κ3) is 3.70. The van der Waals surface area contributed by atoms with E-state index in [2.05, 4.69) is 25.8 Å². The van der Waals surface area contributed by atoms with Crippen molar-refractivity contribution in [2.24, 2.45) is 0 Å². The average Bonchev–Trinajstić information content (AvgIpc) is 2.92. The van der Waals surface area contributed by atoms with Crippen LogP contribution in [0, 0.1) is 0 Å². The van der Waals surface area contributed by atoms with Gasteiger partial charge in [-0.05, 0) is 18.1 Å². The second kappa shape index (κ2) is 6.39. The number of hydrogen-bond acceptors (Lipinski definition) is 4. The van der Waals surface area contributed by atoms with Crippen LogP contribution in [0.15, 0.2) is 30.6 Å². The first-order valence-electron chi connectivity index (χ1n) is 5.90. The molecule has 0 unspecified atom stereocenters. The van der Waals surface area contributed by atoms with Gasteiger partial charge in [-0.25, -0.2) is 9.89 Å². The Morgan fingerprint density at radius 2 is 2.26 bits per heavy atom. The molecular formula is C12H15N5O2. The maximum atomic E-state index is 11.5. The highest BCUT2D eigenvalue weighted by atomic mass is 16.5. The minimum Gasteiger partial charge on any atom is -0.473 e. The largest absolute Gasteiger partial charge is 0.473 e. The van der Waals surface area contributed by atoms with Crippen LogP contribution in [0.1, 0.15) is 12.5 Å². The highest BCUT2D eigenvalue weighted by Gasteiger charge is 2.04. The van der Waals surface area contributed by atoms with Crippen LogP contribution >= 0.6 is 0 Å². The number of nitrogens with one attached hydrogen (secondary N) is 3. The first-order chi connectivity index (χ1) is 9.29. The Hall–Kier alpha value is -2.57. The molecule has 0 spiro atoms. The molecule has 1 aromatic carbocycles. The maximum Gasteiger partial charge on any atom is 0.324 e. The summed E-state index contributed by atoms with van der Waals surface area (Å²) in [6.07, 6.45) is 2.18. The van der Waals surface area contributed by atoms with Crippen LogP contribution in [0.5, 0.6) is 5.75 Å². The van der Waals surface area contributed by atoms with E-state index >= 15 is 0 Å². The predicted molar refractivity (Wildman–Crippen MR) is 69.9 cm³/mol. The summed E-state index contributed by atoms with van der Waals surface area (Å²) in [7, 11) is 0. The third-order valence-corrected chi connectivity index (χ3v) is 2.46. The van der Waals surface area contributed by atoms with Crippen molar-refractivity contribution in [3.8, 4) is 5.75 Å². The minimum atomic E-state index is -0.411. The molecule has 7 heteroatoms. The van der Waals surface area contributed by atoms with Gasteiger partial charge in [0, 0.05) is 0 Å². The fourth-order valence-corrected chi connectivity index (χ4v) is 1.53. The summed E-state index contributed by atoms with van der Waals surface area (Å²) < 4.78 is 5.50. The van der Waals surface area contributed by atoms with Crippen LogP contribution in [-0.4, -0.2) is 27.9 Å². The lowest BCUT2D eigenvalue weighted by molar-refractivity contribution is 0.234. The van der Waals surface area contributed by atoms with Gasteiger partial charge in [0.15, 0.2) is 6.73 Å². The predicted octanol–water partition coefficient (Wildman–Crippen LogP) is 1.53. The van der Waals surface area contributed by atoms with Gasteiger partial charge in [0.2, 0.25) is 5.95 Å². The summed E-state index contributed by atoms with van der Waals surface area (Å²) in [6, 6.07) is 7.29. The first kappa shape index (κ1) is 12.9. The molecular weight excluding hydrogens is 246 g/mol. The molecule has 0 saturated carbocycles. The molecule has 0 atom stereocenters. The molecule has 0 fully saturated rings. The molecule has 7 nitrogen and oxygen atoms in total. The molecule has 0 radical (unpaired) electrons. The first-order valence-corrected chi connectivity index (χ1v) is 5.90. The average molecular weight is 261 g/mol. The Kier molecular flexibility index (Phi) is 4.33. The van der Waals surface area contributed by atoms with Gasteiger partial charge in [-0.15, -0.1) is 0 Å². The number of urea groups is 1. The van der Waals surface area contributed by atoms with Crippen LogP contribution in [0.4, 0.5) is 10.7 Å². The van der Waals surface area contributed by atoms with E-state index in [9.17, 15) is 4.79 Å². The van der Waals surface area contributed by atoms with E-state index in [-0.39, 0.29) is 12.7 Å². The van der Waals surface area contributed by atoms with Gasteiger partial charge in [0.25, 0.3) is 0 Å². The number of ether oxygens (including phenoxy) is 1. The number of anilines is 1. The highest BCUT2D eigenvalue weighted by Crippen LogP contribution is 2.17. The van der Waals surface area contributed by atoms with Crippen LogP contribution in [-0.2, 0) is 6.42 Å². The van der Waals surface area contributed by atoms with Gasteiger partial charge in [0.05, 0.1) is 0 Å². The zero-order chi connectivity index (χ0) is 13.5. The van der Waals surface area contributed by atoms with Crippen molar-refractivity contribution >= 4 is 12.0 Å². The molecule has 0 aliphatic rings. The van der Waals surface area contributed by atoms with E-state index in [4.69, 9.17) is 4.74 Å². The number of aromatic nitrogens is 3. The molecule has 2 amide bonds. The van der Waals surface area contributed by atoms with Gasteiger partial charge in [-0.3, -0.25) is 5.32 Å². The summed E-state index contributed by atoms with van der Waals surface area (Å²) in [5.74, 6) is 1.05. The monoisotopic (exact) mass is 261 g/mol. The van der Waals surface area contributed by atoms with Gasteiger partial charge in [-0.2, -0.15) is 10.1 Å². The number of aromatic amines is 1. The number of carbonyl (C=O) groups is 1. The van der Waals surface area contributed by atoms with Crippen LogP contribution in [0.3, 0.4) is 0 Å². The smallest absolute Gasteiger partial charge is 0.324 e. The standard InChI is InChI=1S/C12H15N5O2/c1-2-9-5-3-4-6-10(9)19-8-14-12(18)16-11-13-7-15-17-11/h3-7H,2,8H2,1H3,(H3,13,14,15,16,17,18). The van der Waals surface area contributed by atoms with Crippen LogP contribution < -0.4 is 15.4 Å². The number of aryl methyl sites for hydroxylation is 1. The van der Waals surface area contributed by atoms with Crippen molar-refractivity contribution in [2.45, 2.75) is 13.3 Å². The van der Waals surface area contributed by atoms with Gasteiger partial charge in [0.1, 0.15) is 12.1 Å². The fraction of sp³-hybridized carbons (Fsp3) is 0.250. The van der Waals surface area contributed by atoms with Crippen molar-refractivity contribution in [3.63, 3.8) is 0 Å². The Morgan fingerprint density at radius 3 is 3.00 bits per heavy atom. The van der Waals surface area contributed by atoms with Crippen molar-refractivity contribution < 1.29 is 9.53 Å². The van der Waals surface area contributed by atoms with Gasteiger partial charge in [-0.1, -0.05) is 25.1 Å². The summed E-state index contributed by atoms with van der Waals surface area (Å²) in [4.78, 5) is 15.2. The molecule has 1 aromatic heterocycles. The molecule has 0 saturated heterocycles. The van der Waals surface area contributed by atoms with Crippen molar-refractivity contribution in [1.82, 2.24) is 20.5 Å². The molecule has 0 aliphatic heterocycles. The molecule has 0 aliphatic carbocycles. The van der Waals surface area contributed by atoms with E-state index in [1.807, 2.05) is 31.2 Å². The summed E-state index contributed by atoms with van der Waals surface area (Å²) in [6.45, 7) is 2.13. The number of para-hydroxylation sites is 1. The van der Waals surface area contributed by atoms with Crippen molar-refractivity contribution in [1.29, 1.82) is 0 Å². The quantitative estimate of drug-likeness (QED) is 0.712. The lowest BCUT2D eigenvalue weighted by atomic mass is 10.1. The number of hydrogen-bond donors (Lipinski definition) is 3. The highest BCUT2D eigenvalue weighted by molar-refractivity contribution is 5.87. The molecule has 19 heavy (non-hydrogen) atoms. The molecule has 100 valence electrons. The van der Waals surface area contributed by atoms with E-state index in [1.165, 1.54) is 6.33 Å². The van der Waals surface area contributed by atoms with E-state index < -0.39 is 6.03 Å². The second-order valence-corrected chi connectivity index (χ2v) is 3.71. The zero-order valence-corrected chi connectivity index (χ0v) is 10.5. The van der Waals surface area contributed by atoms with Crippen molar-refractivity contribution in [3.05, 3.63) is 36.2 Å². The van der Waals surface area contributed by atoms with E-state index in [1.54, 1.807) is 0 Å². The molecule has 0 bridgehead atoms. The van der Waals surface area contributed by atoms with E-state index in [0.717, 1.165) is 17.7 Å². The topological polar surface area (TPSA) is 91.9 Å².